The highest BCUT2D eigenvalue weighted by Gasteiger charge is 2.16. The highest BCUT2D eigenvalue weighted by molar-refractivity contribution is 4.71. The Labute approximate surface area is 83.5 Å². The van der Waals surface area contributed by atoms with Gasteiger partial charge in [0.15, 0.2) is 0 Å². The smallest absolute Gasteiger partial charge is 0.00671 e. The van der Waals surface area contributed by atoms with E-state index in [4.69, 9.17) is 5.73 Å². The van der Waals surface area contributed by atoms with Gasteiger partial charge >= 0.3 is 0 Å². The molecule has 0 aromatic rings. The van der Waals surface area contributed by atoms with Crippen molar-refractivity contribution >= 4 is 0 Å². The zero-order chi connectivity index (χ0) is 10.3. The minimum absolute atomic E-state index is 0.696. The number of nitrogens with zero attached hydrogens (tertiary/aromatic N) is 1. The summed E-state index contributed by atoms with van der Waals surface area (Å²) in [5.41, 5.74) is 5.53. The molecule has 0 heterocycles. The molecule has 2 nitrogen and oxygen atoms in total. The van der Waals surface area contributed by atoms with Gasteiger partial charge in [0.1, 0.15) is 0 Å². The lowest BCUT2D eigenvalue weighted by molar-refractivity contribution is 0.145. The Bertz CT molecular complexity index is 105. The molecule has 2 atom stereocenters. The van der Waals surface area contributed by atoms with E-state index in [1.165, 1.54) is 12.8 Å². The van der Waals surface area contributed by atoms with Crippen LogP contribution in [0.3, 0.4) is 0 Å². The van der Waals surface area contributed by atoms with E-state index in [-0.39, 0.29) is 0 Å². The van der Waals surface area contributed by atoms with Crippen molar-refractivity contribution in [2.75, 3.05) is 13.1 Å². The molecule has 0 aliphatic carbocycles. The van der Waals surface area contributed by atoms with Gasteiger partial charge in [-0.3, -0.25) is 4.90 Å². The first-order valence-electron chi connectivity index (χ1n) is 5.63. The van der Waals surface area contributed by atoms with Crippen molar-refractivity contribution in [3.05, 3.63) is 0 Å². The summed E-state index contributed by atoms with van der Waals surface area (Å²) in [5.74, 6) is 0. The molecule has 0 bridgehead atoms. The quantitative estimate of drug-likeness (QED) is 0.660. The molecule has 0 saturated heterocycles. The molecule has 2 unspecified atom stereocenters. The fraction of sp³-hybridized carbons (Fsp3) is 1.00. The summed E-state index contributed by atoms with van der Waals surface area (Å²) >= 11 is 0. The summed E-state index contributed by atoms with van der Waals surface area (Å²) in [7, 11) is 0. The van der Waals surface area contributed by atoms with Crippen molar-refractivity contribution in [3.8, 4) is 0 Å². The first-order valence-corrected chi connectivity index (χ1v) is 5.63. The van der Waals surface area contributed by atoms with Crippen LogP contribution in [-0.4, -0.2) is 30.1 Å². The average Bonchev–Trinajstić information content (AvgIpc) is 2.17. The Hall–Kier alpha value is -0.0800. The van der Waals surface area contributed by atoms with Crippen LogP contribution in [0.1, 0.15) is 47.0 Å². The van der Waals surface area contributed by atoms with Crippen molar-refractivity contribution < 1.29 is 0 Å². The van der Waals surface area contributed by atoms with Gasteiger partial charge in [0.2, 0.25) is 0 Å². The standard InChI is InChI=1S/C11H26N2/c1-5-10(3)13(9-7-8-12)11(4)6-2/h10-11H,5-9,12H2,1-4H3. The van der Waals surface area contributed by atoms with E-state index in [0.29, 0.717) is 12.1 Å². The van der Waals surface area contributed by atoms with Gasteiger partial charge in [-0.05, 0) is 46.2 Å². The van der Waals surface area contributed by atoms with Crippen LogP contribution in [-0.2, 0) is 0 Å². The molecule has 80 valence electrons. The highest BCUT2D eigenvalue weighted by atomic mass is 15.2. The third-order valence-corrected chi connectivity index (χ3v) is 2.93. The number of nitrogens with two attached hydrogens (primary N) is 1. The van der Waals surface area contributed by atoms with Gasteiger partial charge in [0.05, 0.1) is 0 Å². The van der Waals surface area contributed by atoms with Crippen LogP contribution in [0.15, 0.2) is 0 Å². The van der Waals surface area contributed by atoms with Crippen molar-refractivity contribution in [1.82, 2.24) is 4.90 Å². The van der Waals surface area contributed by atoms with Gasteiger partial charge in [-0.2, -0.15) is 0 Å². The van der Waals surface area contributed by atoms with Gasteiger partial charge in [-0.1, -0.05) is 13.8 Å². The number of hydrogen-bond acceptors (Lipinski definition) is 2. The third-order valence-electron chi connectivity index (χ3n) is 2.93. The topological polar surface area (TPSA) is 29.3 Å². The first kappa shape index (κ1) is 12.9. The summed E-state index contributed by atoms with van der Waals surface area (Å²) in [5, 5.41) is 0. The van der Waals surface area contributed by atoms with Crippen LogP contribution >= 0.6 is 0 Å². The lowest BCUT2D eigenvalue weighted by Crippen LogP contribution is -2.40. The maximum Gasteiger partial charge on any atom is 0.00671 e. The molecule has 0 aliphatic rings. The molecule has 13 heavy (non-hydrogen) atoms. The van der Waals surface area contributed by atoms with Crippen LogP contribution < -0.4 is 5.73 Å². The Balaban J connectivity index is 4.01. The van der Waals surface area contributed by atoms with Crippen LogP contribution in [0.5, 0.6) is 0 Å². The van der Waals surface area contributed by atoms with Gasteiger partial charge in [-0.25, -0.2) is 0 Å². The zero-order valence-electron chi connectivity index (χ0n) is 9.71. The van der Waals surface area contributed by atoms with Crippen molar-refractivity contribution in [2.24, 2.45) is 5.73 Å². The van der Waals surface area contributed by atoms with Crippen molar-refractivity contribution in [2.45, 2.75) is 59.0 Å². The molecule has 0 aliphatic heterocycles. The van der Waals surface area contributed by atoms with E-state index >= 15 is 0 Å². The molecule has 2 heteroatoms. The Morgan fingerprint density at radius 2 is 1.54 bits per heavy atom. The second-order valence-corrected chi connectivity index (χ2v) is 3.89. The minimum Gasteiger partial charge on any atom is -0.330 e. The lowest BCUT2D eigenvalue weighted by atomic mass is 10.1. The monoisotopic (exact) mass is 186 g/mol. The van der Waals surface area contributed by atoms with E-state index in [2.05, 4.69) is 32.6 Å². The average molecular weight is 186 g/mol. The van der Waals surface area contributed by atoms with Gasteiger partial charge in [0, 0.05) is 12.1 Å². The summed E-state index contributed by atoms with van der Waals surface area (Å²) in [4.78, 5) is 2.58. The molecular weight excluding hydrogens is 160 g/mol. The second-order valence-electron chi connectivity index (χ2n) is 3.89. The summed E-state index contributed by atoms with van der Waals surface area (Å²) < 4.78 is 0. The van der Waals surface area contributed by atoms with E-state index in [1.54, 1.807) is 0 Å². The summed E-state index contributed by atoms with van der Waals surface area (Å²) in [6.07, 6.45) is 3.58. The minimum atomic E-state index is 0.696. The predicted molar refractivity (Wildman–Crippen MR) is 59.9 cm³/mol. The molecule has 0 amide bonds. The highest BCUT2D eigenvalue weighted by Crippen LogP contribution is 2.11. The van der Waals surface area contributed by atoms with E-state index < -0.39 is 0 Å². The number of hydrogen-bond donors (Lipinski definition) is 1. The normalized spacial score (nSPS) is 16.2. The fourth-order valence-corrected chi connectivity index (χ4v) is 1.62. The SMILES string of the molecule is CCC(C)N(CCCN)C(C)CC. The molecule has 0 radical (unpaired) electrons. The summed E-state index contributed by atoms with van der Waals surface area (Å²) in [6.45, 7) is 11.1. The molecule has 0 fully saturated rings. The molecule has 2 N–H and O–H groups in total. The maximum absolute atomic E-state index is 5.53. The van der Waals surface area contributed by atoms with Crippen molar-refractivity contribution in [1.29, 1.82) is 0 Å². The lowest BCUT2D eigenvalue weighted by Gasteiger charge is -2.33. The van der Waals surface area contributed by atoms with Crippen LogP contribution in [0.25, 0.3) is 0 Å². The maximum atomic E-state index is 5.53. The van der Waals surface area contributed by atoms with Gasteiger partial charge in [-0.15, -0.1) is 0 Å². The Kier molecular flexibility index (Phi) is 7.29. The Morgan fingerprint density at radius 3 is 1.85 bits per heavy atom. The van der Waals surface area contributed by atoms with Crippen LogP contribution in [0, 0.1) is 0 Å². The third kappa shape index (κ3) is 4.63. The van der Waals surface area contributed by atoms with Gasteiger partial charge in [0.25, 0.3) is 0 Å². The second kappa shape index (κ2) is 7.34. The first-order chi connectivity index (χ1) is 6.17. The predicted octanol–water partition coefficient (Wildman–Crippen LogP) is 2.23. The van der Waals surface area contributed by atoms with Gasteiger partial charge < -0.3 is 5.73 Å². The molecule has 0 saturated carbocycles. The largest absolute Gasteiger partial charge is 0.330 e. The van der Waals surface area contributed by atoms with E-state index in [1.807, 2.05) is 0 Å². The van der Waals surface area contributed by atoms with Crippen LogP contribution in [0.4, 0.5) is 0 Å². The molecular formula is C11H26N2. The molecule has 0 aromatic carbocycles. The van der Waals surface area contributed by atoms with Crippen LogP contribution in [0.2, 0.25) is 0 Å². The molecule has 0 spiro atoms. The fourth-order valence-electron chi connectivity index (χ4n) is 1.62. The molecule has 0 rings (SSSR count). The van der Waals surface area contributed by atoms with E-state index in [9.17, 15) is 0 Å². The number of rotatable bonds is 7. The Morgan fingerprint density at radius 1 is 1.08 bits per heavy atom. The zero-order valence-corrected chi connectivity index (χ0v) is 9.71. The van der Waals surface area contributed by atoms with E-state index in [0.717, 1.165) is 19.5 Å². The summed E-state index contributed by atoms with van der Waals surface area (Å²) in [6, 6.07) is 1.39. The molecule has 0 aromatic heterocycles. The van der Waals surface area contributed by atoms with Crippen molar-refractivity contribution in [3.63, 3.8) is 0 Å².